The minimum absolute atomic E-state index is 0.196. The van der Waals surface area contributed by atoms with E-state index in [1.807, 2.05) is 24.3 Å². The summed E-state index contributed by atoms with van der Waals surface area (Å²) < 4.78 is 11.8. The largest absolute Gasteiger partial charge is 0.494 e. The van der Waals surface area contributed by atoms with Gasteiger partial charge in [0.15, 0.2) is 0 Å². The molecule has 0 saturated carbocycles. The van der Waals surface area contributed by atoms with E-state index in [9.17, 15) is 4.79 Å². The number of aromatic nitrogens is 1. The lowest BCUT2D eigenvalue weighted by molar-refractivity contribution is -0.111. The van der Waals surface area contributed by atoms with E-state index in [-0.39, 0.29) is 12.0 Å². The lowest BCUT2D eigenvalue weighted by Gasteiger charge is -2.37. The predicted octanol–water partition coefficient (Wildman–Crippen LogP) is 3.18. The Kier molecular flexibility index (Phi) is 7.77. The molecule has 2 aliphatic heterocycles. The Morgan fingerprint density at radius 1 is 1.20 bits per heavy atom. The normalized spacial score (nSPS) is 17.1. The zero-order valence-electron chi connectivity index (χ0n) is 21.1. The molecule has 9 heteroatoms. The van der Waals surface area contributed by atoms with Crippen LogP contribution in [0, 0.1) is 0 Å². The van der Waals surface area contributed by atoms with Crippen LogP contribution in [0.2, 0.25) is 0 Å². The summed E-state index contributed by atoms with van der Waals surface area (Å²) in [5.41, 5.74) is 2.33. The number of amides is 1. The molecule has 2 aromatic rings. The lowest BCUT2D eigenvalue weighted by atomic mass is 10.0. The number of methoxy groups -OCH3 is 1. The van der Waals surface area contributed by atoms with E-state index in [4.69, 9.17) is 9.47 Å². The molecule has 0 aliphatic carbocycles. The number of hydrogen-bond acceptors (Lipinski definition) is 8. The molecule has 2 aliphatic rings. The van der Waals surface area contributed by atoms with E-state index < -0.39 is 0 Å². The highest BCUT2D eigenvalue weighted by Crippen LogP contribution is 2.39. The number of pyridine rings is 1. The minimum atomic E-state index is -0.260. The van der Waals surface area contributed by atoms with Crippen molar-refractivity contribution in [3.63, 3.8) is 0 Å². The number of piperidine rings is 1. The van der Waals surface area contributed by atoms with Crippen molar-refractivity contribution in [3.05, 3.63) is 43.1 Å². The third kappa shape index (κ3) is 6.04. The van der Waals surface area contributed by atoms with Crippen LogP contribution in [0.4, 0.5) is 22.9 Å². The Labute approximate surface area is 207 Å². The molecule has 0 atom stereocenters. The number of ether oxygens (including phenoxy) is 2. The van der Waals surface area contributed by atoms with Crippen molar-refractivity contribution in [1.82, 2.24) is 14.8 Å². The average Bonchev–Trinajstić information content (AvgIpc) is 2.83. The molecule has 2 fully saturated rings. The zero-order valence-corrected chi connectivity index (χ0v) is 21.1. The van der Waals surface area contributed by atoms with E-state index >= 15 is 0 Å². The molecule has 0 radical (unpaired) electrons. The Hall–Kier alpha value is -3.30. The molecular weight excluding hydrogens is 444 g/mol. The number of carbonyl (C=O) groups excluding carboxylic acids is 1. The summed E-state index contributed by atoms with van der Waals surface area (Å²) in [5.74, 6) is 1.80. The summed E-state index contributed by atoms with van der Waals surface area (Å²) in [6, 6.07) is 8.16. The maximum atomic E-state index is 12.2. The monoisotopic (exact) mass is 480 g/mol. The summed E-state index contributed by atoms with van der Waals surface area (Å²) in [5, 5.41) is 6.31. The molecule has 3 heterocycles. The molecule has 1 aromatic heterocycles. The van der Waals surface area contributed by atoms with Crippen LogP contribution >= 0.6 is 0 Å². The number of carbonyl (C=O) groups is 1. The second-order valence-electron chi connectivity index (χ2n) is 9.41. The summed E-state index contributed by atoms with van der Waals surface area (Å²) in [6.07, 6.45) is 5.30. The van der Waals surface area contributed by atoms with Crippen molar-refractivity contribution >= 4 is 28.8 Å². The van der Waals surface area contributed by atoms with Crippen LogP contribution in [0.1, 0.15) is 12.8 Å². The smallest absolute Gasteiger partial charge is 0.247 e. The van der Waals surface area contributed by atoms with Crippen molar-refractivity contribution in [2.75, 3.05) is 70.0 Å². The van der Waals surface area contributed by atoms with Gasteiger partial charge < -0.3 is 29.9 Å². The molecule has 0 unspecified atom stereocenters. The first kappa shape index (κ1) is 24.8. The Morgan fingerprint density at radius 2 is 1.94 bits per heavy atom. The highest BCUT2D eigenvalue weighted by atomic mass is 16.5. The van der Waals surface area contributed by atoms with Gasteiger partial charge in [-0.15, -0.1) is 0 Å². The van der Waals surface area contributed by atoms with Crippen LogP contribution in [0.3, 0.4) is 0 Å². The summed E-state index contributed by atoms with van der Waals surface area (Å²) in [6.45, 7) is 7.23. The van der Waals surface area contributed by atoms with E-state index in [1.54, 1.807) is 13.3 Å². The van der Waals surface area contributed by atoms with E-state index in [1.165, 1.54) is 6.08 Å². The Morgan fingerprint density at radius 3 is 2.57 bits per heavy atom. The molecule has 2 saturated heterocycles. The SMILES string of the molecule is C=CC(=O)Nc1cc(Nc2cc(OC3CN(C)C3)ccn2)c(OC)cc1N1CCC(N(C)C)CC1. The van der Waals surface area contributed by atoms with Gasteiger partial charge in [0.05, 0.1) is 24.2 Å². The number of hydrogen-bond donors (Lipinski definition) is 2. The molecule has 188 valence electrons. The molecule has 35 heavy (non-hydrogen) atoms. The molecule has 2 N–H and O–H groups in total. The van der Waals surface area contributed by atoms with E-state index in [2.05, 4.69) is 58.0 Å². The van der Waals surface area contributed by atoms with Gasteiger partial charge in [0.2, 0.25) is 5.91 Å². The zero-order chi connectivity index (χ0) is 24.9. The first-order valence-electron chi connectivity index (χ1n) is 12.0. The van der Waals surface area contributed by atoms with Crippen LogP contribution in [0.25, 0.3) is 0 Å². The summed E-state index contributed by atoms with van der Waals surface area (Å²) in [4.78, 5) is 23.5. The maximum Gasteiger partial charge on any atom is 0.247 e. The minimum Gasteiger partial charge on any atom is -0.494 e. The second kappa shape index (κ2) is 11.0. The van der Waals surface area contributed by atoms with E-state index in [0.717, 1.165) is 50.5 Å². The second-order valence-corrected chi connectivity index (χ2v) is 9.41. The van der Waals surface area contributed by atoms with Gasteiger partial charge in [-0.1, -0.05) is 6.58 Å². The van der Waals surface area contributed by atoms with Gasteiger partial charge in [0.25, 0.3) is 0 Å². The standard InChI is InChI=1S/C26H36N6O3/c1-6-26(33)29-21-14-22(28-25-13-19(7-10-27-25)35-20-16-31(4)17-20)24(34-5)15-23(21)32-11-8-18(9-12-32)30(2)3/h6-7,10,13-15,18,20H,1,8-9,11-12,16-17H2,2-5H3,(H,27,28)(H,29,33). The fraction of sp³-hybridized carbons (Fsp3) is 0.462. The highest BCUT2D eigenvalue weighted by Gasteiger charge is 2.26. The molecule has 1 aromatic carbocycles. The molecule has 0 spiro atoms. The molecular formula is C26H36N6O3. The van der Waals surface area contributed by atoms with Gasteiger partial charge in [-0.2, -0.15) is 0 Å². The first-order valence-corrected chi connectivity index (χ1v) is 12.0. The third-order valence-electron chi connectivity index (χ3n) is 6.62. The first-order chi connectivity index (χ1) is 16.9. The molecule has 0 bridgehead atoms. The fourth-order valence-corrected chi connectivity index (χ4v) is 4.60. The molecule has 4 rings (SSSR count). The molecule has 1 amide bonds. The van der Waals surface area contributed by atoms with Gasteiger partial charge in [-0.05, 0) is 52.2 Å². The number of nitrogens with zero attached hydrogens (tertiary/aromatic N) is 4. The van der Waals surface area contributed by atoms with Crippen LogP contribution in [0.15, 0.2) is 43.1 Å². The predicted molar refractivity (Wildman–Crippen MR) is 140 cm³/mol. The number of benzene rings is 1. The Balaban J connectivity index is 1.58. The summed E-state index contributed by atoms with van der Waals surface area (Å²) in [7, 11) is 7.96. The van der Waals surface area contributed by atoms with Crippen molar-refractivity contribution < 1.29 is 14.3 Å². The van der Waals surface area contributed by atoms with Crippen molar-refractivity contribution in [3.8, 4) is 11.5 Å². The van der Waals surface area contributed by atoms with Gasteiger partial charge >= 0.3 is 0 Å². The van der Waals surface area contributed by atoms with E-state index in [0.29, 0.717) is 29.0 Å². The average molecular weight is 481 g/mol. The van der Waals surface area contributed by atoms with Crippen LogP contribution in [0.5, 0.6) is 11.5 Å². The van der Waals surface area contributed by atoms with Crippen molar-refractivity contribution in [2.45, 2.75) is 25.0 Å². The van der Waals surface area contributed by atoms with Gasteiger partial charge in [0.1, 0.15) is 23.4 Å². The topological polar surface area (TPSA) is 82.2 Å². The number of nitrogens with one attached hydrogen (secondary N) is 2. The maximum absolute atomic E-state index is 12.2. The number of likely N-dealkylation sites (N-methyl/N-ethyl adjacent to an activating group) is 1. The Bertz CT molecular complexity index is 1050. The van der Waals surface area contributed by atoms with Gasteiger partial charge in [0, 0.05) is 50.6 Å². The fourth-order valence-electron chi connectivity index (χ4n) is 4.60. The third-order valence-corrected chi connectivity index (χ3v) is 6.62. The van der Waals surface area contributed by atoms with Crippen LogP contribution < -0.4 is 25.0 Å². The number of rotatable bonds is 9. The van der Waals surface area contributed by atoms with Crippen molar-refractivity contribution in [2.24, 2.45) is 0 Å². The number of anilines is 4. The van der Waals surface area contributed by atoms with Gasteiger partial charge in [-0.3, -0.25) is 9.69 Å². The lowest BCUT2D eigenvalue weighted by Crippen LogP contribution is -2.51. The highest BCUT2D eigenvalue weighted by molar-refractivity contribution is 6.02. The molecule has 9 nitrogen and oxygen atoms in total. The van der Waals surface area contributed by atoms with Gasteiger partial charge in [-0.25, -0.2) is 4.98 Å². The van der Waals surface area contributed by atoms with Crippen LogP contribution in [-0.2, 0) is 4.79 Å². The quantitative estimate of drug-likeness (QED) is 0.530. The number of likely N-dealkylation sites (tertiary alicyclic amines) is 1. The summed E-state index contributed by atoms with van der Waals surface area (Å²) >= 11 is 0. The van der Waals surface area contributed by atoms with Crippen molar-refractivity contribution in [1.29, 1.82) is 0 Å². The van der Waals surface area contributed by atoms with Crippen LogP contribution in [-0.4, -0.2) is 87.3 Å².